The first-order valence-corrected chi connectivity index (χ1v) is 8.53. The van der Waals surface area contributed by atoms with Crippen LogP contribution < -0.4 is 0 Å². The lowest BCUT2D eigenvalue weighted by molar-refractivity contribution is -0.134. The summed E-state index contributed by atoms with van der Waals surface area (Å²) >= 11 is 0. The zero-order valence-electron chi connectivity index (χ0n) is 13.6. The van der Waals surface area contributed by atoms with Crippen LogP contribution in [0.3, 0.4) is 0 Å². The highest BCUT2D eigenvalue weighted by Gasteiger charge is 2.46. The Morgan fingerprint density at radius 2 is 2.09 bits per heavy atom. The molecule has 3 atom stereocenters. The molecule has 1 aliphatic carbocycles. The predicted molar refractivity (Wildman–Crippen MR) is 86.6 cm³/mol. The fourth-order valence-corrected chi connectivity index (χ4v) is 3.39. The van der Waals surface area contributed by atoms with Crippen molar-refractivity contribution in [3.05, 3.63) is 35.6 Å². The van der Waals surface area contributed by atoms with Crippen molar-refractivity contribution in [2.45, 2.75) is 31.8 Å². The number of carbonyl (C=O) groups is 1. The van der Waals surface area contributed by atoms with E-state index >= 15 is 0 Å². The Bertz CT molecular complexity index is 558. The number of rotatable bonds is 5. The predicted octanol–water partition coefficient (Wildman–Crippen LogP) is 1.84. The van der Waals surface area contributed by atoms with Gasteiger partial charge in [-0.15, -0.1) is 0 Å². The third-order valence-corrected chi connectivity index (χ3v) is 5.01. The number of hydrogen-bond acceptors (Lipinski definition) is 3. The fourth-order valence-electron chi connectivity index (χ4n) is 3.39. The molecule has 4 nitrogen and oxygen atoms in total. The number of carbonyl (C=O) groups excluding carboxylic acids is 1. The van der Waals surface area contributed by atoms with E-state index in [4.69, 9.17) is 0 Å². The van der Waals surface area contributed by atoms with E-state index in [2.05, 4.69) is 4.90 Å². The molecule has 0 bridgehead atoms. The van der Waals surface area contributed by atoms with Gasteiger partial charge in [-0.25, -0.2) is 4.39 Å². The van der Waals surface area contributed by atoms with Crippen molar-refractivity contribution in [2.75, 3.05) is 32.7 Å². The van der Waals surface area contributed by atoms with E-state index in [9.17, 15) is 14.3 Å². The molecule has 3 rings (SSSR count). The van der Waals surface area contributed by atoms with Crippen LogP contribution in [0, 0.1) is 11.7 Å². The number of aliphatic hydroxyl groups is 1. The Morgan fingerprint density at radius 1 is 1.35 bits per heavy atom. The maximum Gasteiger partial charge on any atom is 0.226 e. The lowest BCUT2D eigenvalue weighted by Gasteiger charge is -2.35. The highest BCUT2D eigenvalue weighted by atomic mass is 19.1. The minimum absolute atomic E-state index is 0.0181. The lowest BCUT2D eigenvalue weighted by Crippen LogP contribution is -2.50. The van der Waals surface area contributed by atoms with Crippen LogP contribution in [0.25, 0.3) is 0 Å². The minimum Gasteiger partial charge on any atom is -0.392 e. The summed E-state index contributed by atoms with van der Waals surface area (Å²) in [4.78, 5) is 16.7. The van der Waals surface area contributed by atoms with Gasteiger partial charge in [-0.2, -0.15) is 0 Å². The maximum absolute atomic E-state index is 13.3. The van der Waals surface area contributed by atoms with Crippen LogP contribution >= 0.6 is 0 Å². The molecule has 1 saturated carbocycles. The van der Waals surface area contributed by atoms with Gasteiger partial charge in [-0.05, 0) is 36.5 Å². The smallest absolute Gasteiger partial charge is 0.226 e. The van der Waals surface area contributed by atoms with E-state index in [1.54, 1.807) is 12.1 Å². The van der Waals surface area contributed by atoms with Crippen molar-refractivity contribution in [1.29, 1.82) is 0 Å². The monoisotopic (exact) mass is 320 g/mol. The molecule has 0 spiro atoms. The average Bonchev–Trinajstić information content (AvgIpc) is 3.35. The summed E-state index contributed by atoms with van der Waals surface area (Å²) in [5.74, 6) is 0.168. The number of nitrogens with zero attached hydrogens (tertiary/aromatic N) is 2. The van der Waals surface area contributed by atoms with E-state index < -0.39 is 0 Å². The Labute approximate surface area is 136 Å². The third kappa shape index (κ3) is 3.90. The van der Waals surface area contributed by atoms with E-state index in [0.717, 1.165) is 44.6 Å². The van der Waals surface area contributed by atoms with Crippen LogP contribution in [-0.2, 0) is 4.79 Å². The van der Waals surface area contributed by atoms with Gasteiger partial charge in [-0.3, -0.25) is 9.69 Å². The molecule has 1 aromatic rings. The van der Waals surface area contributed by atoms with Crippen molar-refractivity contribution >= 4 is 5.91 Å². The number of β-amino-alcohol motifs (C(OH)–C–C–N with tert-alkyl or cyclic N) is 1. The first-order chi connectivity index (χ1) is 11.1. The zero-order chi connectivity index (χ0) is 16.4. The molecule has 1 N–H and O–H groups in total. The fraction of sp³-hybridized carbons (Fsp3) is 0.611. The molecule has 1 heterocycles. The largest absolute Gasteiger partial charge is 0.392 e. The second kappa shape index (κ2) is 6.97. The first kappa shape index (κ1) is 16.4. The normalized spacial score (nSPS) is 26.1. The van der Waals surface area contributed by atoms with E-state index in [1.807, 2.05) is 17.9 Å². The molecule has 3 unspecified atom stereocenters. The van der Waals surface area contributed by atoms with Gasteiger partial charge < -0.3 is 10.0 Å². The van der Waals surface area contributed by atoms with Crippen LogP contribution in [-0.4, -0.2) is 59.6 Å². The Hall–Kier alpha value is -1.46. The van der Waals surface area contributed by atoms with Crippen molar-refractivity contribution in [1.82, 2.24) is 9.80 Å². The van der Waals surface area contributed by atoms with Gasteiger partial charge in [0.25, 0.3) is 0 Å². The van der Waals surface area contributed by atoms with Crippen LogP contribution in [0.5, 0.6) is 0 Å². The first-order valence-electron chi connectivity index (χ1n) is 8.53. The number of benzene rings is 1. The maximum atomic E-state index is 13.3. The second-order valence-electron chi connectivity index (χ2n) is 6.69. The summed E-state index contributed by atoms with van der Waals surface area (Å²) in [6.45, 7) is 5.75. The molecule has 23 heavy (non-hydrogen) atoms. The highest BCUT2D eigenvalue weighted by Crippen LogP contribution is 2.48. The topological polar surface area (TPSA) is 43.8 Å². The van der Waals surface area contributed by atoms with Gasteiger partial charge in [-0.1, -0.05) is 19.1 Å². The van der Waals surface area contributed by atoms with Crippen LogP contribution in [0.15, 0.2) is 24.3 Å². The Morgan fingerprint density at radius 3 is 2.74 bits per heavy atom. The third-order valence-electron chi connectivity index (χ3n) is 5.01. The Balaban J connectivity index is 1.49. The summed E-state index contributed by atoms with van der Waals surface area (Å²) in [6, 6.07) is 6.60. The quantitative estimate of drug-likeness (QED) is 0.900. The molecule has 2 fully saturated rings. The molecule has 2 aliphatic rings. The van der Waals surface area contributed by atoms with Crippen molar-refractivity contribution in [3.63, 3.8) is 0 Å². The molecule has 1 aromatic carbocycles. The van der Waals surface area contributed by atoms with Crippen molar-refractivity contribution < 1.29 is 14.3 Å². The van der Waals surface area contributed by atoms with Gasteiger partial charge in [0.15, 0.2) is 0 Å². The second-order valence-corrected chi connectivity index (χ2v) is 6.69. The van der Waals surface area contributed by atoms with E-state index in [-0.39, 0.29) is 29.7 Å². The zero-order valence-corrected chi connectivity index (χ0v) is 13.6. The van der Waals surface area contributed by atoms with Gasteiger partial charge in [0.2, 0.25) is 5.91 Å². The molecular formula is C18H25FN2O2. The highest BCUT2D eigenvalue weighted by molar-refractivity contribution is 5.83. The summed E-state index contributed by atoms with van der Waals surface area (Å²) in [5.41, 5.74) is 0.938. The van der Waals surface area contributed by atoms with Gasteiger partial charge in [0.1, 0.15) is 5.82 Å². The minimum atomic E-state index is -0.280. The van der Waals surface area contributed by atoms with E-state index in [1.165, 1.54) is 6.07 Å². The number of hydrogen-bond donors (Lipinski definition) is 1. The molecular weight excluding hydrogens is 295 g/mol. The molecule has 0 aromatic heterocycles. The summed E-state index contributed by atoms with van der Waals surface area (Å²) < 4.78 is 13.3. The van der Waals surface area contributed by atoms with E-state index in [0.29, 0.717) is 6.54 Å². The molecule has 126 valence electrons. The van der Waals surface area contributed by atoms with Crippen LogP contribution in [0.2, 0.25) is 0 Å². The number of piperazine rings is 1. The molecule has 1 amide bonds. The molecule has 1 saturated heterocycles. The van der Waals surface area contributed by atoms with Crippen molar-refractivity contribution in [3.8, 4) is 0 Å². The van der Waals surface area contributed by atoms with Crippen molar-refractivity contribution in [2.24, 2.45) is 5.92 Å². The molecule has 5 heteroatoms. The van der Waals surface area contributed by atoms with Crippen LogP contribution in [0.1, 0.15) is 31.2 Å². The standard InChI is InChI=1S/C18H25FN2O2/c1-2-15(22)12-20-6-8-21(9-7-20)18(23)17-11-16(17)13-4-3-5-14(19)10-13/h3-5,10,15-17,22H,2,6-9,11-12H2,1H3. The summed E-state index contributed by atoms with van der Waals surface area (Å²) in [7, 11) is 0. The summed E-state index contributed by atoms with van der Waals surface area (Å²) in [6.07, 6.45) is 1.31. The number of halogens is 1. The average molecular weight is 320 g/mol. The van der Waals surface area contributed by atoms with Gasteiger partial charge >= 0.3 is 0 Å². The van der Waals surface area contributed by atoms with Crippen LogP contribution in [0.4, 0.5) is 4.39 Å². The molecule has 1 aliphatic heterocycles. The Kier molecular flexibility index (Phi) is 4.97. The van der Waals surface area contributed by atoms with Gasteiger partial charge in [0, 0.05) is 38.6 Å². The number of aliphatic hydroxyl groups excluding tert-OH is 1. The van der Waals surface area contributed by atoms with Gasteiger partial charge in [0.05, 0.1) is 6.10 Å². The SMILES string of the molecule is CCC(O)CN1CCN(C(=O)C2CC2c2cccc(F)c2)CC1. The number of amides is 1. The lowest BCUT2D eigenvalue weighted by atomic mass is 10.1. The summed E-state index contributed by atoms with van der Waals surface area (Å²) in [5, 5.41) is 9.71. The molecule has 0 radical (unpaired) electrons.